The van der Waals surface area contributed by atoms with E-state index < -0.39 is 10.9 Å². The number of aromatic carboxylic acids is 1. The lowest BCUT2D eigenvalue weighted by atomic mass is 9.86. The van der Waals surface area contributed by atoms with Crippen LogP contribution in [0.25, 0.3) is 22.6 Å². The zero-order valence-corrected chi connectivity index (χ0v) is 15.7. The maximum Gasteiger partial charge on any atom is 0.280 e. The molecule has 2 heterocycles. The summed E-state index contributed by atoms with van der Waals surface area (Å²) in [6.45, 7) is 0.0118. The van der Waals surface area contributed by atoms with Crippen LogP contribution >= 0.6 is 0 Å². The van der Waals surface area contributed by atoms with E-state index in [1.54, 1.807) is 36.4 Å². The molecule has 8 heteroatoms. The molecule has 1 aliphatic heterocycles. The molecule has 150 valence electrons. The summed E-state index contributed by atoms with van der Waals surface area (Å²) in [5, 5.41) is 24.1. The molecule has 0 saturated heterocycles. The van der Waals surface area contributed by atoms with Crippen molar-refractivity contribution >= 4 is 34.2 Å². The molecule has 0 fully saturated rings. The van der Waals surface area contributed by atoms with Gasteiger partial charge in [-0.2, -0.15) is 0 Å². The van der Waals surface area contributed by atoms with Gasteiger partial charge in [0.1, 0.15) is 0 Å². The molecule has 8 nitrogen and oxygen atoms in total. The first-order valence-electron chi connectivity index (χ1n) is 9.45. The zero-order valence-electron chi connectivity index (χ0n) is 15.7. The van der Waals surface area contributed by atoms with Gasteiger partial charge in [-0.05, 0) is 48.6 Å². The van der Waals surface area contributed by atoms with Crippen molar-refractivity contribution in [2.75, 3.05) is 6.79 Å². The average molecular weight is 403 g/mol. The lowest BCUT2D eigenvalue weighted by molar-refractivity contribution is -0.385. The number of pyridine rings is 1. The SMILES string of the molecule is O=C([O-])c1c2c(nc3ccccc13)/C(=C\c1cc3c(cc1[N+](=O)[O-])OCO3)CCC2. The quantitative estimate of drug-likeness (QED) is 0.487. The maximum absolute atomic E-state index is 11.9. The highest BCUT2D eigenvalue weighted by molar-refractivity contribution is 6.05. The van der Waals surface area contributed by atoms with Crippen molar-refractivity contribution in [1.29, 1.82) is 0 Å². The number of rotatable bonds is 3. The third kappa shape index (κ3) is 2.85. The molecule has 0 unspecified atom stereocenters. The number of nitro benzene ring substituents is 1. The molecule has 5 rings (SSSR count). The molecule has 0 atom stereocenters. The number of nitrogens with zero attached hydrogens (tertiary/aromatic N) is 2. The standard InChI is InChI=1S/C22H16N2O6/c25-22(26)20-14-5-1-2-7-16(14)23-21-12(4-3-6-15(20)21)8-13-9-18-19(30-11-29-18)10-17(13)24(27)28/h1-2,5,7-10H,3-4,6,11H2,(H,25,26)/p-1/b12-8-. The van der Waals surface area contributed by atoms with E-state index in [-0.39, 0.29) is 18.0 Å². The van der Waals surface area contributed by atoms with Crippen LogP contribution in [0.2, 0.25) is 0 Å². The lowest BCUT2D eigenvalue weighted by Crippen LogP contribution is -2.26. The second-order valence-electron chi connectivity index (χ2n) is 7.16. The van der Waals surface area contributed by atoms with Crippen LogP contribution in [0.3, 0.4) is 0 Å². The summed E-state index contributed by atoms with van der Waals surface area (Å²) in [4.78, 5) is 27.8. The smallest absolute Gasteiger partial charge is 0.280 e. The Morgan fingerprint density at radius 2 is 1.90 bits per heavy atom. The van der Waals surface area contributed by atoms with Crippen LogP contribution in [0.5, 0.6) is 11.5 Å². The van der Waals surface area contributed by atoms with E-state index in [0.717, 1.165) is 5.57 Å². The van der Waals surface area contributed by atoms with Gasteiger partial charge in [-0.3, -0.25) is 10.1 Å². The molecular formula is C22H15N2O6-. The van der Waals surface area contributed by atoms with Gasteiger partial charge in [0, 0.05) is 10.9 Å². The molecule has 0 bridgehead atoms. The summed E-state index contributed by atoms with van der Waals surface area (Å²) in [6, 6.07) is 9.93. The molecule has 1 aromatic heterocycles. The van der Waals surface area contributed by atoms with Crippen molar-refractivity contribution in [2.24, 2.45) is 0 Å². The van der Waals surface area contributed by atoms with Crippen LogP contribution in [0.15, 0.2) is 36.4 Å². The van der Waals surface area contributed by atoms with Gasteiger partial charge in [0.15, 0.2) is 11.5 Å². The molecule has 0 amide bonds. The number of carbonyl (C=O) groups is 1. The van der Waals surface area contributed by atoms with Crippen molar-refractivity contribution in [3.63, 3.8) is 0 Å². The summed E-state index contributed by atoms with van der Waals surface area (Å²) >= 11 is 0. The number of aromatic nitrogens is 1. The second kappa shape index (κ2) is 6.84. The molecule has 0 saturated carbocycles. The van der Waals surface area contributed by atoms with Crippen molar-refractivity contribution in [3.05, 3.63) is 68.9 Å². The molecule has 0 spiro atoms. The van der Waals surface area contributed by atoms with Gasteiger partial charge in [0.05, 0.1) is 33.7 Å². The average Bonchev–Trinajstić information content (AvgIpc) is 3.19. The Balaban J connectivity index is 1.74. The van der Waals surface area contributed by atoms with Crippen molar-refractivity contribution in [3.8, 4) is 11.5 Å². The second-order valence-corrected chi connectivity index (χ2v) is 7.16. The van der Waals surface area contributed by atoms with E-state index in [9.17, 15) is 20.0 Å². The Kier molecular flexibility index (Phi) is 4.13. The number of allylic oxidation sites excluding steroid dienone is 1. The van der Waals surface area contributed by atoms with Crippen LogP contribution in [0.1, 0.15) is 40.0 Å². The highest BCUT2D eigenvalue weighted by atomic mass is 16.7. The van der Waals surface area contributed by atoms with Crippen molar-refractivity contribution in [1.82, 2.24) is 4.98 Å². The summed E-state index contributed by atoms with van der Waals surface area (Å²) in [5.41, 5.74) is 2.83. The highest BCUT2D eigenvalue weighted by Gasteiger charge is 2.26. The number of hydrogen-bond donors (Lipinski definition) is 0. The molecule has 0 radical (unpaired) electrons. The lowest BCUT2D eigenvalue weighted by Gasteiger charge is -2.23. The van der Waals surface area contributed by atoms with Gasteiger partial charge in [-0.25, -0.2) is 4.98 Å². The topological polar surface area (TPSA) is 115 Å². The third-order valence-electron chi connectivity index (χ3n) is 5.42. The predicted octanol–water partition coefficient (Wildman–Crippen LogP) is 3.11. The molecule has 3 aromatic rings. The zero-order chi connectivity index (χ0) is 20.8. The first-order valence-corrected chi connectivity index (χ1v) is 9.45. The number of benzene rings is 2. The van der Waals surface area contributed by atoms with Gasteiger partial charge in [0.25, 0.3) is 5.69 Å². The Morgan fingerprint density at radius 1 is 1.13 bits per heavy atom. The maximum atomic E-state index is 11.9. The fourth-order valence-electron chi connectivity index (χ4n) is 4.12. The van der Waals surface area contributed by atoms with E-state index >= 15 is 0 Å². The number of carbonyl (C=O) groups excluding carboxylic acids is 1. The van der Waals surface area contributed by atoms with Crippen molar-refractivity contribution < 1.29 is 24.3 Å². The first kappa shape index (κ1) is 18.1. The number of nitro groups is 1. The number of fused-ring (bicyclic) bond motifs is 3. The molecule has 30 heavy (non-hydrogen) atoms. The first-order chi connectivity index (χ1) is 14.5. The van der Waals surface area contributed by atoms with Gasteiger partial charge in [-0.15, -0.1) is 0 Å². The predicted molar refractivity (Wildman–Crippen MR) is 106 cm³/mol. The number of carboxylic acid groups (broad SMARTS) is 1. The number of carboxylic acids is 1. The normalized spacial score (nSPS) is 15.9. The number of ether oxygens (including phenoxy) is 2. The van der Waals surface area contributed by atoms with E-state index in [0.29, 0.717) is 58.5 Å². The Hall–Kier alpha value is -3.94. The van der Waals surface area contributed by atoms with Gasteiger partial charge < -0.3 is 19.4 Å². The summed E-state index contributed by atoms with van der Waals surface area (Å²) in [7, 11) is 0. The minimum absolute atomic E-state index is 0.0118. The number of para-hydroxylation sites is 1. The molecule has 2 aliphatic rings. The largest absolute Gasteiger partial charge is 0.545 e. The van der Waals surface area contributed by atoms with Crippen LogP contribution in [-0.4, -0.2) is 22.7 Å². The van der Waals surface area contributed by atoms with Gasteiger partial charge in [0.2, 0.25) is 6.79 Å². The van der Waals surface area contributed by atoms with Crippen LogP contribution < -0.4 is 14.6 Å². The van der Waals surface area contributed by atoms with Crippen LogP contribution in [0, 0.1) is 10.1 Å². The van der Waals surface area contributed by atoms with E-state index in [1.165, 1.54) is 6.07 Å². The Bertz CT molecular complexity index is 1260. The van der Waals surface area contributed by atoms with E-state index in [2.05, 4.69) is 0 Å². The molecule has 0 N–H and O–H groups in total. The van der Waals surface area contributed by atoms with Crippen LogP contribution in [-0.2, 0) is 6.42 Å². The third-order valence-corrected chi connectivity index (χ3v) is 5.42. The Labute approximate surface area is 170 Å². The monoisotopic (exact) mass is 403 g/mol. The minimum Gasteiger partial charge on any atom is -0.545 e. The van der Waals surface area contributed by atoms with Gasteiger partial charge in [-0.1, -0.05) is 18.2 Å². The summed E-state index contributed by atoms with van der Waals surface area (Å²) < 4.78 is 10.6. The molecule has 1 aliphatic carbocycles. The molecular weight excluding hydrogens is 388 g/mol. The van der Waals surface area contributed by atoms with E-state index in [4.69, 9.17) is 14.5 Å². The van der Waals surface area contributed by atoms with Gasteiger partial charge >= 0.3 is 0 Å². The minimum atomic E-state index is -1.25. The summed E-state index contributed by atoms with van der Waals surface area (Å²) in [6.07, 6.45) is 3.57. The van der Waals surface area contributed by atoms with Crippen molar-refractivity contribution in [2.45, 2.75) is 19.3 Å². The Morgan fingerprint density at radius 3 is 2.67 bits per heavy atom. The van der Waals surface area contributed by atoms with Crippen LogP contribution in [0.4, 0.5) is 5.69 Å². The summed E-state index contributed by atoms with van der Waals surface area (Å²) in [5.74, 6) is -0.484. The highest BCUT2D eigenvalue weighted by Crippen LogP contribution is 2.41. The molecule has 2 aromatic carbocycles. The fraction of sp³-hybridized carbons (Fsp3) is 0.182. The number of hydrogen-bond acceptors (Lipinski definition) is 7. The van der Waals surface area contributed by atoms with E-state index in [1.807, 2.05) is 0 Å². The fourth-order valence-corrected chi connectivity index (χ4v) is 4.12.